The number of amidine groups is 1. The van der Waals surface area contributed by atoms with Crippen molar-refractivity contribution in [2.45, 2.75) is 12.2 Å². The van der Waals surface area contributed by atoms with Crippen LogP contribution in [-0.2, 0) is 0 Å². The van der Waals surface area contributed by atoms with Crippen molar-refractivity contribution in [3.8, 4) is 0 Å². The van der Waals surface area contributed by atoms with E-state index in [4.69, 9.17) is 11.1 Å². The smallest absolute Gasteiger partial charge is 0.125 e. The highest BCUT2D eigenvalue weighted by Crippen LogP contribution is 2.27. The van der Waals surface area contributed by atoms with Gasteiger partial charge in [0.1, 0.15) is 11.7 Å². The van der Waals surface area contributed by atoms with Gasteiger partial charge >= 0.3 is 0 Å². The summed E-state index contributed by atoms with van der Waals surface area (Å²) in [7, 11) is 0. The van der Waals surface area contributed by atoms with Gasteiger partial charge in [-0.05, 0) is 18.2 Å². The van der Waals surface area contributed by atoms with Gasteiger partial charge in [0, 0.05) is 35.3 Å². The van der Waals surface area contributed by atoms with E-state index in [2.05, 4.69) is 11.8 Å². The van der Waals surface area contributed by atoms with E-state index in [9.17, 15) is 4.39 Å². The zero-order valence-electron chi connectivity index (χ0n) is 9.74. The number of hydrogen-bond acceptors (Lipinski definition) is 3. The molecule has 1 aromatic rings. The third kappa shape index (κ3) is 2.72. The van der Waals surface area contributed by atoms with Crippen molar-refractivity contribution in [3.63, 3.8) is 0 Å². The Hall–Kier alpha value is -1.23. The Bertz CT molecular complexity index is 436. The van der Waals surface area contributed by atoms with Gasteiger partial charge < -0.3 is 10.6 Å². The Morgan fingerprint density at radius 1 is 1.59 bits per heavy atom. The van der Waals surface area contributed by atoms with E-state index in [0.29, 0.717) is 10.8 Å². The van der Waals surface area contributed by atoms with Crippen LogP contribution in [0.2, 0.25) is 0 Å². The number of hydrogen-bond donors (Lipinski definition) is 2. The molecule has 1 atom stereocenters. The maximum atomic E-state index is 13.2. The van der Waals surface area contributed by atoms with Crippen LogP contribution in [-0.4, -0.2) is 29.9 Å². The number of nitrogens with zero attached hydrogens (tertiary/aromatic N) is 1. The molecule has 2 rings (SSSR count). The van der Waals surface area contributed by atoms with E-state index in [0.717, 1.165) is 24.5 Å². The van der Waals surface area contributed by atoms with Crippen molar-refractivity contribution >= 4 is 23.3 Å². The number of anilines is 1. The van der Waals surface area contributed by atoms with E-state index in [-0.39, 0.29) is 11.7 Å². The van der Waals surface area contributed by atoms with E-state index >= 15 is 0 Å². The molecule has 5 heteroatoms. The van der Waals surface area contributed by atoms with Gasteiger partial charge in [0.2, 0.25) is 0 Å². The summed E-state index contributed by atoms with van der Waals surface area (Å²) in [4.78, 5) is 2.18. The van der Waals surface area contributed by atoms with Gasteiger partial charge in [0.15, 0.2) is 0 Å². The van der Waals surface area contributed by atoms with Crippen LogP contribution in [0.3, 0.4) is 0 Å². The molecule has 0 amide bonds. The summed E-state index contributed by atoms with van der Waals surface area (Å²) in [6, 6.07) is 4.48. The van der Waals surface area contributed by atoms with Gasteiger partial charge in [-0.15, -0.1) is 0 Å². The van der Waals surface area contributed by atoms with Gasteiger partial charge in [0.05, 0.1) is 0 Å². The number of rotatable bonds is 2. The van der Waals surface area contributed by atoms with Crippen molar-refractivity contribution in [1.29, 1.82) is 5.41 Å². The SMILES string of the molecule is CC1CN(c2ccc(F)cc2C(=N)N)CCS1. The Labute approximate surface area is 105 Å². The number of nitrogens with one attached hydrogen (secondary N) is 1. The third-order valence-corrected chi connectivity index (χ3v) is 3.97. The Morgan fingerprint density at radius 2 is 2.35 bits per heavy atom. The molecule has 3 nitrogen and oxygen atoms in total. The molecule has 0 bridgehead atoms. The molecule has 0 aromatic heterocycles. The average Bonchev–Trinajstić information content (AvgIpc) is 2.28. The molecular weight excluding hydrogens is 237 g/mol. The fourth-order valence-corrected chi connectivity index (χ4v) is 3.05. The van der Waals surface area contributed by atoms with Gasteiger partial charge in [-0.2, -0.15) is 11.8 Å². The lowest BCUT2D eigenvalue weighted by atomic mass is 10.1. The molecule has 1 aliphatic rings. The monoisotopic (exact) mass is 253 g/mol. The van der Waals surface area contributed by atoms with Gasteiger partial charge in [-0.3, -0.25) is 5.41 Å². The van der Waals surface area contributed by atoms with Crippen LogP contribution in [0.5, 0.6) is 0 Å². The van der Waals surface area contributed by atoms with Crippen molar-refractivity contribution in [2.75, 3.05) is 23.7 Å². The van der Waals surface area contributed by atoms with Crippen LogP contribution in [0.25, 0.3) is 0 Å². The molecule has 1 unspecified atom stereocenters. The molecule has 0 spiro atoms. The van der Waals surface area contributed by atoms with Gasteiger partial charge in [-0.1, -0.05) is 6.92 Å². The normalized spacial score (nSPS) is 20.4. The number of halogens is 1. The third-order valence-electron chi connectivity index (χ3n) is 2.83. The van der Waals surface area contributed by atoms with Gasteiger partial charge in [-0.25, -0.2) is 4.39 Å². The number of thioether (sulfide) groups is 1. The zero-order chi connectivity index (χ0) is 12.4. The minimum absolute atomic E-state index is 0.0784. The minimum Gasteiger partial charge on any atom is -0.384 e. The predicted octanol–water partition coefficient (Wildman–Crippen LogP) is 2.05. The van der Waals surface area contributed by atoms with Crippen LogP contribution in [0.1, 0.15) is 12.5 Å². The minimum atomic E-state index is -0.349. The second kappa shape index (κ2) is 4.96. The number of nitrogen functional groups attached to an aromatic ring is 1. The van der Waals surface area contributed by atoms with E-state index in [1.54, 1.807) is 6.07 Å². The lowest BCUT2D eigenvalue weighted by molar-refractivity contribution is 0.627. The quantitative estimate of drug-likeness (QED) is 0.626. The summed E-state index contributed by atoms with van der Waals surface area (Å²) in [6.07, 6.45) is 0. The maximum absolute atomic E-state index is 13.2. The molecule has 0 aliphatic carbocycles. The molecule has 0 saturated carbocycles. The second-order valence-corrected chi connectivity index (χ2v) is 5.75. The first-order valence-corrected chi connectivity index (χ1v) is 6.63. The fourth-order valence-electron chi connectivity index (χ4n) is 2.04. The molecular formula is C12H16FN3S. The molecule has 1 heterocycles. The van der Waals surface area contributed by atoms with Crippen molar-refractivity contribution < 1.29 is 4.39 Å². The summed E-state index contributed by atoms with van der Waals surface area (Å²) in [5.41, 5.74) is 6.87. The lowest BCUT2D eigenvalue weighted by Gasteiger charge is -2.33. The Kier molecular flexibility index (Phi) is 3.57. The van der Waals surface area contributed by atoms with Crippen LogP contribution in [0, 0.1) is 11.2 Å². The van der Waals surface area contributed by atoms with Crippen molar-refractivity contribution in [3.05, 3.63) is 29.6 Å². The highest BCUT2D eigenvalue weighted by molar-refractivity contribution is 8.00. The van der Waals surface area contributed by atoms with E-state index < -0.39 is 0 Å². The molecule has 0 radical (unpaired) electrons. The Balaban J connectivity index is 2.33. The number of benzene rings is 1. The topological polar surface area (TPSA) is 53.1 Å². The maximum Gasteiger partial charge on any atom is 0.125 e. The van der Waals surface area contributed by atoms with Crippen LogP contribution in [0.4, 0.5) is 10.1 Å². The standard InChI is InChI=1S/C12H16FN3S/c1-8-7-16(4-5-17-8)11-3-2-9(13)6-10(11)12(14)15/h2-3,6,8H,4-5,7H2,1H3,(H3,14,15). The van der Waals surface area contributed by atoms with Crippen molar-refractivity contribution in [2.24, 2.45) is 5.73 Å². The largest absolute Gasteiger partial charge is 0.384 e. The predicted molar refractivity (Wildman–Crippen MR) is 71.5 cm³/mol. The number of nitrogens with two attached hydrogens (primary N) is 1. The average molecular weight is 253 g/mol. The van der Waals surface area contributed by atoms with E-state index in [1.807, 2.05) is 11.8 Å². The molecule has 1 aromatic carbocycles. The summed E-state index contributed by atoms with van der Waals surface area (Å²) in [6.45, 7) is 4.01. The zero-order valence-corrected chi connectivity index (χ0v) is 10.6. The first-order chi connectivity index (χ1) is 8.08. The first-order valence-electron chi connectivity index (χ1n) is 5.58. The summed E-state index contributed by atoms with van der Waals surface area (Å²) < 4.78 is 13.2. The van der Waals surface area contributed by atoms with Crippen LogP contribution in [0.15, 0.2) is 18.2 Å². The summed E-state index contributed by atoms with van der Waals surface area (Å²) in [5, 5.41) is 8.07. The van der Waals surface area contributed by atoms with Gasteiger partial charge in [0.25, 0.3) is 0 Å². The molecule has 1 aliphatic heterocycles. The summed E-state index contributed by atoms with van der Waals surface area (Å²) >= 11 is 1.93. The first kappa shape index (κ1) is 12.2. The summed E-state index contributed by atoms with van der Waals surface area (Å²) in [5.74, 6) is 0.624. The molecule has 3 N–H and O–H groups in total. The van der Waals surface area contributed by atoms with Crippen LogP contribution >= 0.6 is 11.8 Å². The van der Waals surface area contributed by atoms with E-state index in [1.165, 1.54) is 12.1 Å². The Morgan fingerprint density at radius 3 is 3.00 bits per heavy atom. The molecule has 17 heavy (non-hydrogen) atoms. The van der Waals surface area contributed by atoms with Crippen LogP contribution < -0.4 is 10.6 Å². The molecule has 1 fully saturated rings. The highest BCUT2D eigenvalue weighted by atomic mass is 32.2. The molecule has 1 saturated heterocycles. The molecule has 92 valence electrons. The second-order valence-electron chi connectivity index (χ2n) is 4.20. The highest BCUT2D eigenvalue weighted by Gasteiger charge is 2.20. The van der Waals surface area contributed by atoms with Crippen molar-refractivity contribution in [1.82, 2.24) is 0 Å². The fraction of sp³-hybridized carbons (Fsp3) is 0.417. The lowest BCUT2D eigenvalue weighted by Crippen LogP contribution is -2.37.